The van der Waals surface area contributed by atoms with Gasteiger partial charge in [-0.3, -0.25) is 0 Å². The predicted octanol–water partition coefficient (Wildman–Crippen LogP) is 14.9. The molecular weight excluding hydrogens is 671 g/mol. The maximum absolute atomic E-state index is 12.9. The molecule has 3 rings (SSSR count). The zero-order valence-corrected chi connectivity index (χ0v) is 34.7. The van der Waals surface area contributed by atoms with Gasteiger partial charge in [-0.05, 0) is 113 Å². The summed E-state index contributed by atoms with van der Waals surface area (Å²) in [6, 6.07) is 28.2. The van der Waals surface area contributed by atoms with Crippen LogP contribution >= 0.6 is 11.8 Å². The number of ether oxygens (including phenoxy) is 1. The van der Waals surface area contributed by atoms with Gasteiger partial charge in [0.1, 0.15) is 11.5 Å². The van der Waals surface area contributed by atoms with Gasteiger partial charge in [-0.2, -0.15) is 11.8 Å². The minimum Gasteiger partial charge on any atom is -0.543 e. The average molecular weight is 737 g/mol. The topological polar surface area (TPSA) is 18.5 Å². The fourth-order valence-electron chi connectivity index (χ4n) is 7.61. The SMILES string of the molecule is CC/C(=C(/c1ccc(OCCCCCCCCCSCCCC(C)(F)F)cc1)c1ccc(O[Si](C(C)C)(C(C)C)C(C)C)cc1)c1ccccc1. The third-order valence-electron chi connectivity index (χ3n) is 10.2. The standard InChI is InChI=1S/C45H66F2O2SSi/c1-9-43(38-21-16-15-17-22-38)44(40-25-29-42(30-26-40)49-51(35(2)3,36(4)5)37(6)7)39-23-27-41(28-24-39)48-32-18-13-11-10-12-14-19-33-50-34-20-31-45(8,46)47/h15-17,21-30,35-37H,9-14,18-20,31-34H2,1-8H3/b44-43+. The highest BCUT2D eigenvalue weighted by Crippen LogP contribution is 2.43. The number of alkyl halides is 2. The Morgan fingerprint density at radius 3 is 1.63 bits per heavy atom. The fraction of sp³-hybridized carbons (Fsp3) is 0.556. The van der Waals surface area contributed by atoms with Crippen molar-refractivity contribution in [2.45, 2.75) is 142 Å². The monoisotopic (exact) mass is 736 g/mol. The number of unbranched alkanes of at least 4 members (excludes halogenated alkanes) is 6. The molecule has 0 N–H and O–H groups in total. The van der Waals surface area contributed by atoms with Crippen molar-refractivity contribution >= 4 is 31.2 Å². The lowest BCUT2D eigenvalue weighted by Gasteiger charge is -2.42. The number of hydrogen-bond acceptors (Lipinski definition) is 3. The Kier molecular flexibility index (Phi) is 18.3. The largest absolute Gasteiger partial charge is 0.543 e. The lowest BCUT2D eigenvalue weighted by molar-refractivity contribution is 0.0126. The molecule has 3 aromatic carbocycles. The molecule has 0 aliphatic heterocycles. The smallest absolute Gasteiger partial charge is 0.258 e. The van der Waals surface area contributed by atoms with Gasteiger partial charge in [0.05, 0.1) is 6.61 Å². The van der Waals surface area contributed by atoms with Crippen LogP contribution in [0.15, 0.2) is 78.9 Å². The van der Waals surface area contributed by atoms with E-state index < -0.39 is 14.2 Å². The van der Waals surface area contributed by atoms with Gasteiger partial charge in [-0.25, -0.2) is 8.78 Å². The first-order chi connectivity index (χ1) is 24.4. The van der Waals surface area contributed by atoms with Crippen molar-refractivity contribution in [1.82, 2.24) is 0 Å². The summed E-state index contributed by atoms with van der Waals surface area (Å²) in [7, 11) is -2.04. The summed E-state index contributed by atoms with van der Waals surface area (Å²) < 4.78 is 38.9. The fourth-order valence-corrected chi connectivity index (χ4v) is 13.8. The zero-order valence-electron chi connectivity index (χ0n) is 32.9. The number of thioether (sulfide) groups is 1. The number of halogens is 2. The Morgan fingerprint density at radius 1 is 0.627 bits per heavy atom. The molecule has 6 heteroatoms. The maximum atomic E-state index is 12.9. The first-order valence-electron chi connectivity index (χ1n) is 19.7. The Hall–Kier alpha value is -2.57. The van der Waals surface area contributed by atoms with E-state index >= 15 is 0 Å². The van der Waals surface area contributed by atoms with E-state index in [2.05, 4.69) is 127 Å². The van der Waals surface area contributed by atoms with Gasteiger partial charge >= 0.3 is 0 Å². The molecule has 0 fully saturated rings. The van der Waals surface area contributed by atoms with Gasteiger partial charge in [0, 0.05) is 6.42 Å². The molecule has 2 nitrogen and oxygen atoms in total. The van der Waals surface area contributed by atoms with Crippen molar-refractivity contribution in [2.24, 2.45) is 0 Å². The molecule has 0 radical (unpaired) electrons. The van der Waals surface area contributed by atoms with E-state index in [-0.39, 0.29) is 6.42 Å². The number of benzene rings is 3. The molecule has 0 aliphatic rings. The van der Waals surface area contributed by atoms with E-state index in [1.165, 1.54) is 66.4 Å². The van der Waals surface area contributed by atoms with Crippen molar-refractivity contribution in [3.63, 3.8) is 0 Å². The van der Waals surface area contributed by atoms with Crippen LogP contribution in [0.2, 0.25) is 16.6 Å². The molecule has 51 heavy (non-hydrogen) atoms. The van der Waals surface area contributed by atoms with Gasteiger partial charge in [-0.1, -0.05) is 135 Å². The molecule has 0 aliphatic carbocycles. The molecule has 0 bridgehead atoms. The van der Waals surface area contributed by atoms with Crippen LogP contribution < -0.4 is 9.16 Å². The summed E-state index contributed by atoms with van der Waals surface area (Å²) in [4.78, 5) is 0. The second-order valence-electron chi connectivity index (χ2n) is 15.2. The third-order valence-corrected chi connectivity index (χ3v) is 17.3. The van der Waals surface area contributed by atoms with Crippen LogP contribution in [-0.4, -0.2) is 32.4 Å². The molecule has 282 valence electrons. The average Bonchev–Trinajstić information content (AvgIpc) is 3.10. The Labute approximate surface area is 315 Å². The summed E-state index contributed by atoms with van der Waals surface area (Å²) in [5, 5.41) is 0. The Morgan fingerprint density at radius 2 is 1.12 bits per heavy atom. The Bertz CT molecular complexity index is 1390. The maximum Gasteiger partial charge on any atom is 0.258 e. The first kappa shape index (κ1) is 42.8. The number of hydrogen-bond donors (Lipinski definition) is 0. The molecule has 0 saturated heterocycles. The number of rotatable bonds is 24. The molecule has 0 unspecified atom stereocenters. The van der Waals surface area contributed by atoms with Gasteiger partial charge in [0.25, 0.3) is 8.32 Å². The Balaban J connectivity index is 1.58. The molecule has 0 heterocycles. The summed E-state index contributed by atoms with van der Waals surface area (Å²) in [5.74, 6) is 1.31. The number of allylic oxidation sites excluding steroid dienone is 1. The summed E-state index contributed by atoms with van der Waals surface area (Å²) in [6.45, 7) is 18.0. The van der Waals surface area contributed by atoms with Gasteiger partial charge in [-0.15, -0.1) is 0 Å². The second-order valence-corrected chi connectivity index (χ2v) is 21.8. The lowest BCUT2D eigenvalue weighted by atomic mass is 9.88. The van der Waals surface area contributed by atoms with Gasteiger partial charge < -0.3 is 9.16 Å². The van der Waals surface area contributed by atoms with E-state index in [0.717, 1.165) is 49.4 Å². The summed E-state index contributed by atoms with van der Waals surface area (Å²) in [6.07, 6.45) is 9.91. The normalized spacial score (nSPS) is 12.9. The molecule has 0 saturated carbocycles. The van der Waals surface area contributed by atoms with Crippen LogP contribution in [0.3, 0.4) is 0 Å². The first-order valence-corrected chi connectivity index (χ1v) is 22.9. The molecule has 0 amide bonds. The highest BCUT2D eigenvalue weighted by molar-refractivity contribution is 7.99. The van der Waals surface area contributed by atoms with Crippen molar-refractivity contribution in [2.75, 3.05) is 18.1 Å². The van der Waals surface area contributed by atoms with Crippen LogP contribution in [0.4, 0.5) is 8.78 Å². The van der Waals surface area contributed by atoms with Crippen molar-refractivity contribution < 1.29 is 17.9 Å². The van der Waals surface area contributed by atoms with Crippen LogP contribution in [0.5, 0.6) is 11.5 Å². The van der Waals surface area contributed by atoms with Crippen LogP contribution in [0.25, 0.3) is 11.1 Å². The highest BCUT2D eigenvalue weighted by atomic mass is 32.2. The second kappa shape index (κ2) is 21.8. The zero-order chi connectivity index (χ0) is 37.3. The third kappa shape index (κ3) is 13.7. The van der Waals surface area contributed by atoms with Gasteiger partial charge in [0.15, 0.2) is 0 Å². The van der Waals surface area contributed by atoms with Crippen LogP contribution in [-0.2, 0) is 0 Å². The molecular formula is C45H66F2O2SSi. The quantitative estimate of drug-likeness (QED) is 0.0518. The van der Waals surface area contributed by atoms with Gasteiger partial charge in [0.2, 0.25) is 5.92 Å². The molecule has 0 spiro atoms. The van der Waals surface area contributed by atoms with Crippen LogP contribution in [0.1, 0.15) is 136 Å². The van der Waals surface area contributed by atoms with E-state index in [0.29, 0.717) is 23.0 Å². The molecule has 0 atom stereocenters. The van der Waals surface area contributed by atoms with Crippen molar-refractivity contribution in [3.8, 4) is 11.5 Å². The van der Waals surface area contributed by atoms with E-state index in [9.17, 15) is 8.78 Å². The van der Waals surface area contributed by atoms with E-state index in [1.54, 1.807) is 0 Å². The van der Waals surface area contributed by atoms with E-state index in [4.69, 9.17) is 9.16 Å². The summed E-state index contributed by atoms with van der Waals surface area (Å²) >= 11 is 1.82. The molecule has 0 aromatic heterocycles. The van der Waals surface area contributed by atoms with Crippen molar-refractivity contribution in [3.05, 3.63) is 95.6 Å². The van der Waals surface area contributed by atoms with E-state index in [1.807, 2.05) is 11.8 Å². The summed E-state index contributed by atoms with van der Waals surface area (Å²) in [5.41, 5.74) is 7.77. The van der Waals surface area contributed by atoms with Crippen molar-refractivity contribution in [1.29, 1.82) is 0 Å². The molecule has 3 aromatic rings. The predicted molar refractivity (Wildman–Crippen MR) is 222 cm³/mol. The minimum absolute atomic E-state index is 0.00510. The van der Waals surface area contributed by atoms with Crippen LogP contribution in [0, 0.1) is 0 Å². The highest BCUT2D eigenvalue weighted by Gasteiger charge is 2.47. The lowest BCUT2D eigenvalue weighted by Crippen LogP contribution is -2.50. The minimum atomic E-state index is -2.52.